The Kier molecular flexibility index (Phi) is 3.21. The molecule has 88 valence electrons. The van der Waals surface area contributed by atoms with Crippen LogP contribution in [0, 0.1) is 6.92 Å². The maximum atomic E-state index is 9.92. The standard InChI is InChI=1S/C13H13O3P/c1-8-4-2-5-9(14)12(8)13-10(15)6-3-7-11(13)16-17/h2-7,14-15H,17H2,1H3. The zero-order valence-corrected chi connectivity index (χ0v) is 10.5. The quantitative estimate of drug-likeness (QED) is 0.802. The molecule has 0 bridgehead atoms. The number of hydrogen-bond acceptors (Lipinski definition) is 3. The molecule has 0 amide bonds. The molecule has 3 nitrogen and oxygen atoms in total. The minimum atomic E-state index is 0.0783. The average Bonchev–Trinajstić information content (AvgIpc) is 2.30. The molecule has 2 aromatic carbocycles. The van der Waals surface area contributed by atoms with E-state index in [4.69, 9.17) is 4.52 Å². The van der Waals surface area contributed by atoms with Crippen molar-refractivity contribution in [2.75, 3.05) is 0 Å². The molecule has 2 rings (SSSR count). The third-order valence-electron chi connectivity index (χ3n) is 2.63. The van der Waals surface area contributed by atoms with Crippen LogP contribution < -0.4 is 4.52 Å². The van der Waals surface area contributed by atoms with Crippen molar-refractivity contribution in [3.05, 3.63) is 42.0 Å². The van der Waals surface area contributed by atoms with E-state index in [1.54, 1.807) is 30.3 Å². The molecule has 4 heteroatoms. The van der Waals surface area contributed by atoms with Gasteiger partial charge in [-0.2, -0.15) is 0 Å². The molecule has 0 saturated heterocycles. The van der Waals surface area contributed by atoms with Gasteiger partial charge in [0, 0.05) is 5.56 Å². The highest BCUT2D eigenvalue weighted by molar-refractivity contribution is 7.10. The van der Waals surface area contributed by atoms with Crippen LogP contribution in [-0.4, -0.2) is 10.2 Å². The lowest BCUT2D eigenvalue weighted by atomic mass is 9.98. The van der Waals surface area contributed by atoms with E-state index in [0.717, 1.165) is 5.56 Å². The molecule has 0 aliphatic heterocycles. The van der Waals surface area contributed by atoms with Gasteiger partial charge >= 0.3 is 0 Å². The van der Waals surface area contributed by atoms with E-state index in [1.165, 1.54) is 0 Å². The summed E-state index contributed by atoms with van der Waals surface area (Å²) < 4.78 is 5.14. The van der Waals surface area contributed by atoms with Gasteiger partial charge in [0.2, 0.25) is 0 Å². The molecule has 0 spiro atoms. The van der Waals surface area contributed by atoms with Gasteiger partial charge in [0.05, 0.1) is 15.0 Å². The molecule has 17 heavy (non-hydrogen) atoms. The first-order valence-electron chi connectivity index (χ1n) is 5.13. The van der Waals surface area contributed by atoms with Crippen molar-refractivity contribution < 1.29 is 14.7 Å². The lowest BCUT2D eigenvalue weighted by Crippen LogP contribution is -1.88. The zero-order valence-electron chi connectivity index (χ0n) is 9.34. The van der Waals surface area contributed by atoms with Gasteiger partial charge in [-0.1, -0.05) is 18.2 Å². The number of aryl methyl sites for hydroxylation is 1. The number of hydrogen-bond donors (Lipinski definition) is 2. The number of rotatable bonds is 2. The van der Waals surface area contributed by atoms with Crippen molar-refractivity contribution in [1.29, 1.82) is 0 Å². The lowest BCUT2D eigenvalue weighted by molar-refractivity contribution is 0.466. The molecule has 0 radical (unpaired) electrons. The molecule has 0 aromatic heterocycles. The molecule has 0 heterocycles. The van der Waals surface area contributed by atoms with Gasteiger partial charge in [0.1, 0.15) is 17.2 Å². The van der Waals surface area contributed by atoms with Crippen molar-refractivity contribution in [2.24, 2.45) is 0 Å². The monoisotopic (exact) mass is 248 g/mol. The van der Waals surface area contributed by atoms with Gasteiger partial charge in [-0.3, -0.25) is 0 Å². The van der Waals surface area contributed by atoms with E-state index in [9.17, 15) is 10.2 Å². The summed E-state index contributed by atoms with van der Waals surface area (Å²) in [4.78, 5) is 0. The maximum absolute atomic E-state index is 9.92. The van der Waals surface area contributed by atoms with Crippen molar-refractivity contribution in [1.82, 2.24) is 0 Å². The molecule has 0 saturated carbocycles. The van der Waals surface area contributed by atoms with Crippen LogP contribution in [0.3, 0.4) is 0 Å². The summed E-state index contributed by atoms with van der Waals surface area (Å²) in [6.45, 7) is 1.87. The summed E-state index contributed by atoms with van der Waals surface area (Å²) in [5.41, 5.74) is 1.95. The first-order chi connectivity index (χ1) is 8.15. The third-order valence-corrected chi connectivity index (χ3v) is 2.89. The largest absolute Gasteiger partial charge is 0.507 e. The van der Waals surface area contributed by atoms with Gasteiger partial charge in [-0.05, 0) is 30.7 Å². The average molecular weight is 248 g/mol. The van der Waals surface area contributed by atoms with Crippen LogP contribution in [0.5, 0.6) is 17.2 Å². The maximum Gasteiger partial charge on any atom is 0.134 e. The van der Waals surface area contributed by atoms with Gasteiger partial charge in [-0.15, -0.1) is 0 Å². The predicted molar refractivity (Wildman–Crippen MR) is 70.3 cm³/mol. The zero-order chi connectivity index (χ0) is 12.4. The summed E-state index contributed by atoms with van der Waals surface area (Å²) in [7, 11) is 2.14. The van der Waals surface area contributed by atoms with Crippen LogP contribution in [0.15, 0.2) is 36.4 Å². The molecule has 0 aliphatic carbocycles. The Hall–Kier alpha value is -1.73. The number of phenolic OH excluding ortho intramolecular Hbond substituents is 2. The second-order valence-corrected chi connectivity index (χ2v) is 3.97. The highest BCUT2D eigenvalue weighted by Gasteiger charge is 2.16. The Bertz CT molecular complexity index is 532. The first-order valence-corrected chi connectivity index (χ1v) is 5.60. The molecular formula is C13H13O3P. The van der Waals surface area contributed by atoms with Gasteiger partial charge < -0.3 is 14.7 Å². The molecule has 2 N–H and O–H groups in total. The SMILES string of the molecule is Cc1cccc(O)c1-c1c(O)cccc1OP. The van der Waals surface area contributed by atoms with Crippen molar-refractivity contribution in [3.63, 3.8) is 0 Å². The Balaban J connectivity index is 2.76. The highest BCUT2D eigenvalue weighted by atomic mass is 31.0. The summed E-state index contributed by atoms with van der Waals surface area (Å²) in [6.07, 6.45) is 0. The fourth-order valence-electron chi connectivity index (χ4n) is 1.85. The molecule has 1 atom stereocenters. The Morgan fingerprint density at radius 2 is 1.53 bits per heavy atom. The van der Waals surface area contributed by atoms with Crippen molar-refractivity contribution in [2.45, 2.75) is 6.92 Å². The van der Waals surface area contributed by atoms with E-state index < -0.39 is 0 Å². The lowest BCUT2D eigenvalue weighted by Gasteiger charge is -2.13. The third kappa shape index (κ3) is 2.06. The molecular weight excluding hydrogens is 235 g/mol. The highest BCUT2D eigenvalue weighted by Crippen LogP contribution is 2.43. The minimum absolute atomic E-state index is 0.0783. The van der Waals surface area contributed by atoms with Crippen molar-refractivity contribution in [3.8, 4) is 28.4 Å². The second kappa shape index (κ2) is 4.64. The normalized spacial score (nSPS) is 10.2. The Morgan fingerprint density at radius 1 is 0.941 bits per heavy atom. The minimum Gasteiger partial charge on any atom is -0.507 e. The van der Waals surface area contributed by atoms with Crippen molar-refractivity contribution >= 4 is 9.47 Å². The fourth-order valence-corrected chi connectivity index (χ4v) is 2.04. The van der Waals surface area contributed by atoms with E-state index in [-0.39, 0.29) is 11.5 Å². The fraction of sp³-hybridized carbons (Fsp3) is 0.0769. The van der Waals surface area contributed by atoms with Crippen LogP contribution in [0.2, 0.25) is 0 Å². The second-order valence-electron chi connectivity index (χ2n) is 3.74. The van der Waals surface area contributed by atoms with Gasteiger partial charge in [-0.25, -0.2) is 0 Å². The van der Waals surface area contributed by atoms with Gasteiger partial charge in [0.25, 0.3) is 0 Å². The Morgan fingerprint density at radius 3 is 2.12 bits per heavy atom. The topological polar surface area (TPSA) is 49.7 Å². The van der Waals surface area contributed by atoms with Crippen LogP contribution in [0.1, 0.15) is 5.56 Å². The number of aromatic hydroxyl groups is 2. The van der Waals surface area contributed by atoms with E-state index in [2.05, 4.69) is 9.47 Å². The molecule has 2 aromatic rings. The van der Waals surface area contributed by atoms with Crippen LogP contribution in [0.4, 0.5) is 0 Å². The summed E-state index contributed by atoms with van der Waals surface area (Å²) in [5.74, 6) is 0.698. The first kappa shape index (κ1) is 11.7. The smallest absolute Gasteiger partial charge is 0.134 e. The van der Waals surface area contributed by atoms with E-state index >= 15 is 0 Å². The van der Waals surface area contributed by atoms with E-state index in [1.807, 2.05) is 13.0 Å². The molecule has 0 fully saturated rings. The predicted octanol–water partition coefficient (Wildman–Crippen LogP) is 3.24. The van der Waals surface area contributed by atoms with E-state index in [0.29, 0.717) is 16.9 Å². The summed E-state index contributed by atoms with van der Waals surface area (Å²) in [6, 6.07) is 10.2. The molecule has 1 unspecified atom stereocenters. The van der Waals surface area contributed by atoms with Crippen LogP contribution in [0.25, 0.3) is 11.1 Å². The van der Waals surface area contributed by atoms with Gasteiger partial charge in [0.15, 0.2) is 0 Å². The number of benzene rings is 2. The van der Waals surface area contributed by atoms with Crippen LogP contribution in [-0.2, 0) is 0 Å². The summed E-state index contributed by atoms with van der Waals surface area (Å²) >= 11 is 0. The number of phenols is 2. The Labute approximate surface area is 102 Å². The summed E-state index contributed by atoms with van der Waals surface area (Å²) in [5, 5.41) is 19.8. The molecule has 0 aliphatic rings. The van der Waals surface area contributed by atoms with Crippen LogP contribution >= 0.6 is 9.47 Å².